The van der Waals surface area contributed by atoms with Crippen LogP contribution in [0.3, 0.4) is 0 Å². The fraction of sp³-hybridized carbons (Fsp3) is 0.0938. The summed E-state index contributed by atoms with van der Waals surface area (Å²) in [7, 11) is 0. The molecular weight excluding hydrogens is 604 g/mol. The van der Waals surface area contributed by atoms with Crippen molar-refractivity contribution in [2.45, 2.75) is 22.7 Å². The van der Waals surface area contributed by atoms with Crippen LogP contribution in [-0.2, 0) is 21.9 Å². The van der Waals surface area contributed by atoms with Crippen molar-refractivity contribution in [1.29, 1.82) is 0 Å². The molecule has 0 aliphatic carbocycles. The summed E-state index contributed by atoms with van der Waals surface area (Å²) in [5, 5.41) is 20.8. The van der Waals surface area contributed by atoms with E-state index in [0.717, 1.165) is 11.1 Å². The number of Topliss-reactive ketones (excluding diaryl/α,β-unsaturated/α-hetero) is 1. The van der Waals surface area contributed by atoms with Crippen molar-refractivity contribution in [1.82, 2.24) is 15.2 Å². The molecule has 0 bridgehead atoms. The van der Waals surface area contributed by atoms with E-state index in [1.54, 1.807) is 36.4 Å². The number of ketones is 1. The molecule has 6 rings (SSSR count). The Morgan fingerprint density at radius 3 is 2.47 bits per heavy atom. The van der Waals surface area contributed by atoms with Crippen LogP contribution in [0.2, 0.25) is 5.02 Å². The zero-order valence-corrected chi connectivity index (χ0v) is 24.9. The molecular formula is C32H23ClN4O4S2. The normalized spacial score (nSPS) is 16.0. The van der Waals surface area contributed by atoms with Gasteiger partial charge in [-0.3, -0.25) is 19.5 Å². The molecule has 1 aliphatic rings. The number of anilines is 1. The summed E-state index contributed by atoms with van der Waals surface area (Å²) in [6.45, 7) is 0.339. The number of carbonyl (C=O) groups is 2. The molecule has 2 aromatic heterocycles. The molecule has 1 atom stereocenters. The molecule has 3 heterocycles. The van der Waals surface area contributed by atoms with Gasteiger partial charge >= 0.3 is 5.91 Å². The SMILES string of the molecule is O=C1C(=O)N(c2nnc(SCc3ccc(Cl)cc3)s2)C(c2cccc(OCc3ccccc3)c2)C1=C(O)c1ccncc1. The number of halogens is 1. The first-order valence-corrected chi connectivity index (χ1v) is 15.3. The van der Waals surface area contributed by atoms with E-state index in [4.69, 9.17) is 16.3 Å². The Kier molecular flexibility index (Phi) is 8.50. The number of pyridine rings is 1. The monoisotopic (exact) mass is 626 g/mol. The number of aliphatic hydroxyl groups excluding tert-OH is 1. The van der Waals surface area contributed by atoms with Crippen LogP contribution in [-0.4, -0.2) is 32.0 Å². The van der Waals surface area contributed by atoms with Gasteiger partial charge in [-0.05, 0) is 53.1 Å². The molecule has 0 saturated carbocycles. The first-order valence-electron chi connectivity index (χ1n) is 13.2. The van der Waals surface area contributed by atoms with Crippen LogP contribution in [0.15, 0.2) is 113 Å². The number of thioether (sulfide) groups is 1. The van der Waals surface area contributed by atoms with Gasteiger partial charge in [0.1, 0.15) is 18.1 Å². The smallest absolute Gasteiger partial charge is 0.301 e. The van der Waals surface area contributed by atoms with Crippen LogP contribution in [0.25, 0.3) is 5.76 Å². The van der Waals surface area contributed by atoms with Gasteiger partial charge in [0.05, 0.1) is 11.6 Å². The van der Waals surface area contributed by atoms with Crippen LogP contribution in [0.4, 0.5) is 5.13 Å². The van der Waals surface area contributed by atoms with Gasteiger partial charge in [-0.15, -0.1) is 10.2 Å². The molecule has 43 heavy (non-hydrogen) atoms. The molecule has 1 saturated heterocycles. The first-order chi connectivity index (χ1) is 21.0. The van der Waals surface area contributed by atoms with E-state index in [1.165, 1.54) is 40.4 Å². The lowest BCUT2D eigenvalue weighted by atomic mass is 9.95. The van der Waals surface area contributed by atoms with Gasteiger partial charge in [-0.1, -0.05) is 89.3 Å². The average molecular weight is 627 g/mol. The molecule has 3 aromatic carbocycles. The summed E-state index contributed by atoms with van der Waals surface area (Å²) >= 11 is 8.66. The minimum Gasteiger partial charge on any atom is -0.507 e. The topological polar surface area (TPSA) is 106 Å². The van der Waals surface area contributed by atoms with E-state index in [2.05, 4.69) is 15.2 Å². The van der Waals surface area contributed by atoms with Crippen LogP contribution in [0, 0.1) is 0 Å². The predicted molar refractivity (Wildman–Crippen MR) is 167 cm³/mol. The highest BCUT2D eigenvalue weighted by Crippen LogP contribution is 2.44. The average Bonchev–Trinajstić information content (AvgIpc) is 3.62. The number of hydrogen-bond donors (Lipinski definition) is 1. The van der Waals surface area contributed by atoms with Crippen LogP contribution < -0.4 is 9.64 Å². The first kappa shape index (κ1) is 28.6. The Labute approximate surface area is 260 Å². The van der Waals surface area contributed by atoms with Crippen LogP contribution >= 0.6 is 34.7 Å². The fourth-order valence-corrected chi connectivity index (χ4v) is 6.56. The van der Waals surface area contributed by atoms with Gasteiger partial charge in [0.15, 0.2) is 4.34 Å². The fourth-order valence-electron chi connectivity index (χ4n) is 4.61. The molecule has 1 fully saturated rings. The maximum absolute atomic E-state index is 13.6. The second-order valence-electron chi connectivity index (χ2n) is 9.52. The van der Waals surface area contributed by atoms with Gasteiger partial charge in [0, 0.05) is 28.7 Å². The third-order valence-electron chi connectivity index (χ3n) is 6.70. The molecule has 0 radical (unpaired) electrons. The third-order valence-corrected chi connectivity index (χ3v) is 9.08. The van der Waals surface area contributed by atoms with Gasteiger partial charge in [-0.2, -0.15) is 0 Å². The summed E-state index contributed by atoms with van der Waals surface area (Å²) in [4.78, 5) is 32.4. The number of ether oxygens (including phenoxy) is 1. The lowest BCUT2D eigenvalue weighted by Gasteiger charge is -2.23. The van der Waals surface area contributed by atoms with Crippen molar-refractivity contribution in [2.24, 2.45) is 0 Å². The van der Waals surface area contributed by atoms with Crippen LogP contribution in [0.5, 0.6) is 5.75 Å². The van der Waals surface area contributed by atoms with Crippen molar-refractivity contribution in [3.05, 3.63) is 136 Å². The molecule has 1 aliphatic heterocycles. The molecule has 11 heteroatoms. The predicted octanol–water partition coefficient (Wildman–Crippen LogP) is 7.08. The summed E-state index contributed by atoms with van der Waals surface area (Å²) in [5.41, 5.74) is 2.93. The molecule has 1 N–H and O–H groups in total. The Balaban J connectivity index is 1.35. The standard InChI is InChI=1S/C32H23ClN4O4S2/c33-24-11-9-21(10-12-24)19-42-32-36-35-31(43-32)37-27(26(29(39)30(37)40)28(38)22-13-15-34-16-14-22)23-7-4-8-25(17-23)41-18-20-5-2-1-3-6-20/h1-17,27,38H,18-19H2. The van der Waals surface area contributed by atoms with Gasteiger partial charge < -0.3 is 9.84 Å². The van der Waals surface area contributed by atoms with E-state index >= 15 is 0 Å². The molecule has 214 valence electrons. The summed E-state index contributed by atoms with van der Waals surface area (Å²) in [5.74, 6) is -0.753. The maximum Gasteiger partial charge on any atom is 0.301 e. The maximum atomic E-state index is 13.6. The molecule has 8 nitrogen and oxygen atoms in total. The highest BCUT2D eigenvalue weighted by molar-refractivity contribution is 8.00. The van der Waals surface area contributed by atoms with E-state index in [1.807, 2.05) is 54.6 Å². The summed E-state index contributed by atoms with van der Waals surface area (Å²) in [6, 6.07) is 26.6. The van der Waals surface area contributed by atoms with Gasteiger partial charge in [0.25, 0.3) is 5.78 Å². The lowest BCUT2D eigenvalue weighted by Crippen LogP contribution is -2.29. The molecule has 0 spiro atoms. The zero-order chi connectivity index (χ0) is 29.8. The minimum atomic E-state index is -0.962. The van der Waals surface area contributed by atoms with Crippen molar-refractivity contribution < 1.29 is 19.4 Å². The Morgan fingerprint density at radius 1 is 0.930 bits per heavy atom. The highest BCUT2D eigenvalue weighted by Gasteiger charge is 2.48. The Bertz CT molecular complexity index is 1800. The summed E-state index contributed by atoms with van der Waals surface area (Å²) < 4.78 is 6.67. The molecule has 1 unspecified atom stereocenters. The second kappa shape index (κ2) is 12.8. The van der Waals surface area contributed by atoms with E-state index < -0.39 is 17.7 Å². The third kappa shape index (κ3) is 6.31. The minimum absolute atomic E-state index is 0.0537. The number of amides is 1. The Hall–Kier alpha value is -4.51. The number of rotatable bonds is 9. The van der Waals surface area contributed by atoms with Crippen molar-refractivity contribution in [3.63, 3.8) is 0 Å². The number of carbonyl (C=O) groups excluding carboxylic acids is 2. The molecule has 5 aromatic rings. The van der Waals surface area contributed by atoms with Gasteiger partial charge in [-0.25, -0.2) is 0 Å². The number of hydrogen-bond acceptors (Lipinski definition) is 9. The lowest BCUT2D eigenvalue weighted by molar-refractivity contribution is -0.132. The van der Waals surface area contributed by atoms with Crippen LogP contribution in [0.1, 0.15) is 28.3 Å². The largest absolute Gasteiger partial charge is 0.507 e. The van der Waals surface area contributed by atoms with E-state index in [9.17, 15) is 14.7 Å². The van der Waals surface area contributed by atoms with Gasteiger partial charge in [0.2, 0.25) is 5.13 Å². The quantitative estimate of drug-likeness (QED) is 0.0608. The highest BCUT2D eigenvalue weighted by atomic mass is 35.5. The molecule has 1 amide bonds. The summed E-state index contributed by atoms with van der Waals surface area (Å²) in [6.07, 6.45) is 3.01. The Morgan fingerprint density at radius 2 is 1.70 bits per heavy atom. The van der Waals surface area contributed by atoms with Crippen molar-refractivity contribution >= 4 is 57.3 Å². The number of aliphatic hydroxyl groups is 1. The van der Waals surface area contributed by atoms with E-state index in [0.29, 0.717) is 38.6 Å². The zero-order valence-electron chi connectivity index (χ0n) is 22.5. The second-order valence-corrected chi connectivity index (χ2v) is 12.1. The van der Waals surface area contributed by atoms with Crippen molar-refractivity contribution in [3.8, 4) is 5.75 Å². The number of benzene rings is 3. The number of nitrogens with zero attached hydrogens (tertiary/aromatic N) is 4. The number of aromatic nitrogens is 3. The van der Waals surface area contributed by atoms with E-state index in [-0.39, 0.29) is 16.5 Å². The van der Waals surface area contributed by atoms with Crippen molar-refractivity contribution in [2.75, 3.05) is 4.90 Å².